The maximum absolute atomic E-state index is 11.5. The van der Waals surface area contributed by atoms with Gasteiger partial charge in [-0.1, -0.05) is 30.0 Å². The van der Waals surface area contributed by atoms with Crippen molar-refractivity contribution in [2.75, 3.05) is 0 Å². The molecule has 3 rings (SSSR count). The molecular weight excluding hydrogens is 292 g/mol. The van der Waals surface area contributed by atoms with Gasteiger partial charge in [0.1, 0.15) is 11.5 Å². The second-order valence-electron chi connectivity index (χ2n) is 4.04. The van der Waals surface area contributed by atoms with Crippen LogP contribution in [0.5, 0.6) is 0 Å². The van der Waals surface area contributed by atoms with E-state index in [9.17, 15) is 4.79 Å². The zero-order valence-electron chi connectivity index (χ0n) is 10.3. The van der Waals surface area contributed by atoms with Gasteiger partial charge in [-0.25, -0.2) is 0 Å². The molecule has 0 atom stereocenters. The second kappa shape index (κ2) is 5.52. The minimum absolute atomic E-state index is 0.247. The average Bonchev–Trinajstić information content (AvgIpc) is 2.98. The molecule has 1 aromatic carbocycles. The number of rotatable bonds is 3. The van der Waals surface area contributed by atoms with Crippen molar-refractivity contribution in [1.29, 1.82) is 0 Å². The highest BCUT2D eigenvalue weighted by molar-refractivity contribution is 7.99. The Morgan fingerprint density at radius 2 is 1.90 bits per heavy atom. The fourth-order valence-corrected chi connectivity index (χ4v) is 2.70. The van der Waals surface area contributed by atoms with Crippen molar-refractivity contribution in [1.82, 2.24) is 10.6 Å². The van der Waals surface area contributed by atoms with E-state index in [1.165, 1.54) is 11.8 Å². The quantitative estimate of drug-likeness (QED) is 0.674. The molecule has 6 heteroatoms. The third kappa shape index (κ3) is 2.92. The fraction of sp³-hybridized carbons (Fsp3) is 0. The number of nitrogens with one attached hydrogen (secondary N) is 2. The molecule has 0 aliphatic carbocycles. The zero-order valence-corrected chi connectivity index (χ0v) is 11.9. The summed E-state index contributed by atoms with van der Waals surface area (Å²) in [5.41, 5.74) is 0.389. The van der Waals surface area contributed by atoms with E-state index < -0.39 is 0 Å². The van der Waals surface area contributed by atoms with Gasteiger partial charge in [-0.2, -0.15) is 0 Å². The van der Waals surface area contributed by atoms with Crippen molar-refractivity contribution in [2.24, 2.45) is 0 Å². The summed E-state index contributed by atoms with van der Waals surface area (Å²) in [5, 5.41) is 6.36. The van der Waals surface area contributed by atoms with Crippen LogP contribution in [0.2, 0.25) is 0 Å². The lowest BCUT2D eigenvalue weighted by atomic mass is 10.3. The normalized spacial score (nSPS) is 16.3. The van der Waals surface area contributed by atoms with Gasteiger partial charge in [0.2, 0.25) is 0 Å². The van der Waals surface area contributed by atoms with Gasteiger partial charge in [-0.3, -0.25) is 10.1 Å². The third-order valence-electron chi connectivity index (χ3n) is 2.57. The maximum Gasteiger partial charge on any atom is 0.274 e. The van der Waals surface area contributed by atoms with Crippen LogP contribution in [0.25, 0.3) is 6.08 Å². The smallest absolute Gasteiger partial charge is 0.274 e. The first-order chi connectivity index (χ1) is 9.70. The lowest BCUT2D eigenvalue weighted by Crippen LogP contribution is -2.21. The first kappa shape index (κ1) is 13.0. The van der Waals surface area contributed by atoms with Gasteiger partial charge < -0.3 is 9.73 Å². The second-order valence-corrected chi connectivity index (χ2v) is 5.52. The van der Waals surface area contributed by atoms with Gasteiger partial charge in [0, 0.05) is 11.0 Å². The largest absolute Gasteiger partial charge is 0.450 e. The molecule has 0 bridgehead atoms. The van der Waals surface area contributed by atoms with E-state index in [-0.39, 0.29) is 5.91 Å². The number of hydrogen-bond donors (Lipinski definition) is 2. The van der Waals surface area contributed by atoms with Crippen LogP contribution in [0.4, 0.5) is 0 Å². The maximum atomic E-state index is 11.5. The number of hydrogen-bond acceptors (Lipinski definition) is 4. The van der Waals surface area contributed by atoms with Crippen molar-refractivity contribution < 1.29 is 9.21 Å². The minimum Gasteiger partial charge on any atom is -0.450 e. The Morgan fingerprint density at radius 1 is 1.10 bits per heavy atom. The summed E-state index contributed by atoms with van der Waals surface area (Å²) >= 11 is 6.39. The Labute approximate surface area is 125 Å². The molecule has 1 amide bonds. The van der Waals surface area contributed by atoms with E-state index >= 15 is 0 Å². The van der Waals surface area contributed by atoms with Gasteiger partial charge in [-0.15, -0.1) is 0 Å². The van der Waals surface area contributed by atoms with Gasteiger partial charge in [0.15, 0.2) is 10.2 Å². The summed E-state index contributed by atoms with van der Waals surface area (Å²) < 4.78 is 5.66. The van der Waals surface area contributed by atoms with Crippen molar-refractivity contribution in [3.63, 3.8) is 0 Å². The molecule has 2 N–H and O–H groups in total. The molecule has 1 aliphatic heterocycles. The Kier molecular flexibility index (Phi) is 3.58. The lowest BCUT2D eigenvalue weighted by molar-refractivity contribution is -0.115. The summed E-state index contributed by atoms with van der Waals surface area (Å²) in [7, 11) is 0. The van der Waals surface area contributed by atoms with Crippen molar-refractivity contribution >= 4 is 41.1 Å². The molecular formula is C14H10N2O2S2. The number of thiocarbonyl (C=S) groups is 1. The highest BCUT2D eigenvalue weighted by Gasteiger charge is 2.20. The first-order valence-corrected chi connectivity index (χ1v) is 7.10. The van der Waals surface area contributed by atoms with Crippen LogP contribution in [0.3, 0.4) is 0 Å². The molecule has 2 aromatic rings. The SMILES string of the molecule is O=C1NC(=S)NC1=Cc1ccc(Sc2ccccc2)o1. The molecule has 1 aliphatic rings. The predicted molar refractivity (Wildman–Crippen MR) is 81.1 cm³/mol. The predicted octanol–water partition coefficient (Wildman–Crippen LogP) is 2.78. The summed E-state index contributed by atoms with van der Waals surface area (Å²) in [6.07, 6.45) is 1.63. The molecule has 1 saturated heterocycles. The molecule has 100 valence electrons. The van der Waals surface area contributed by atoms with Gasteiger partial charge in [-0.05, 0) is 36.5 Å². The van der Waals surface area contributed by atoms with Gasteiger partial charge >= 0.3 is 0 Å². The molecule has 1 aromatic heterocycles. The molecule has 1 fully saturated rings. The van der Waals surface area contributed by atoms with Crippen LogP contribution in [0, 0.1) is 0 Å². The van der Waals surface area contributed by atoms with Gasteiger partial charge in [0.05, 0.1) is 0 Å². The molecule has 0 saturated carbocycles. The Morgan fingerprint density at radius 3 is 2.60 bits per heavy atom. The van der Waals surface area contributed by atoms with Gasteiger partial charge in [0.25, 0.3) is 5.91 Å². The molecule has 0 spiro atoms. The van der Waals surface area contributed by atoms with Crippen molar-refractivity contribution in [3.8, 4) is 0 Å². The Bertz CT molecular complexity index is 692. The molecule has 4 nitrogen and oxygen atoms in total. The van der Waals surface area contributed by atoms with Crippen LogP contribution in [-0.2, 0) is 4.79 Å². The molecule has 20 heavy (non-hydrogen) atoms. The van der Waals surface area contributed by atoms with Crippen LogP contribution in [0.15, 0.2) is 62.6 Å². The van der Waals surface area contributed by atoms with E-state index in [4.69, 9.17) is 16.6 Å². The highest BCUT2D eigenvalue weighted by atomic mass is 32.2. The number of carbonyl (C=O) groups is 1. The van der Waals surface area contributed by atoms with Crippen LogP contribution >= 0.6 is 24.0 Å². The standard InChI is InChI=1S/C14H10N2O2S2/c17-13-11(15-14(19)16-13)8-9-6-7-12(18-9)20-10-4-2-1-3-5-10/h1-8H,(H2,15,16,17,19). The average molecular weight is 302 g/mol. The lowest BCUT2D eigenvalue weighted by Gasteiger charge is -1.96. The highest BCUT2D eigenvalue weighted by Crippen LogP contribution is 2.29. The van der Waals surface area contributed by atoms with E-state index in [0.717, 1.165) is 9.99 Å². The summed E-state index contributed by atoms with van der Waals surface area (Å²) in [6.45, 7) is 0. The summed E-state index contributed by atoms with van der Waals surface area (Å²) in [5.74, 6) is 0.356. The zero-order chi connectivity index (χ0) is 13.9. The van der Waals surface area contributed by atoms with E-state index in [0.29, 0.717) is 16.6 Å². The topological polar surface area (TPSA) is 54.3 Å². The summed E-state index contributed by atoms with van der Waals surface area (Å²) in [6, 6.07) is 13.6. The van der Waals surface area contributed by atoms with Crippen molar-refractivity contribution in [3.05, 3.63) is 53.9 Å². The number of carbonyl (C=O) groups excluding carboxylic acids is 1. The fourth-order valence-electron chi connectivity index (χ4n) is 1.70. The molecule has 0 unspecified atom stereocenters. The third-order valence-corrected chi connectivity index (χ3v) is 3.70. The molecule has 0 radical (unpaired) electrons. The van der Waals surface area contributed by atoms with Crippen LogP contribution < -0.4 is 10.6 Å². The number of benzene rings is 1. The summed E-state index contributed by atoms with van der Waals surface area (Å²) in [4.78, 5) is 12.6. The molecule has 2 heterocycles. The van der Waals surface area contributed by atoms with E-state index in [1.807, 2.05) is 42.5 Å². The van der Waals surface area contributed by atoms with E-state index in [2.05, 4.69) is 10.6 Å². The van der Waals surface area contributed by atoms with Crippen molar-refractivity contribution in [2.45, 2.75) is 9.99 Å². The van der Waals surface area contributed by atoms with E-state index in [1.54, 1.807) is 6.08 Å². The number of amides is 1. The minimum atomic E-state index is -0.247. The van der Waals surface area contributed by atoms with Crippen LogP contribution in [0.1, 0.15) is 5.76 Å². The van der Waals surface area contributed by atoms with Crippen LogP contribution in [-0.4, -0.2) is 11.0 Å². The monoisotopic (exact) mass is 302 g/mol. The first-order valence-electron chi connectivity index (χ1n) is 5.87. The Hall–Kier alpha value is -2.05. The number of furan rings is 1. The Balaban J connectivity index is 1.76.